The highest BCUT2D eigenvalue weighted by molar-refractivity contribution is 5.94. The number of nitrogens with two attached hydrogens (primary N) is 1. The molecule has 0 saturated heterocycles. The third-order valence-electron chi connectivity index (χ3n) is 3.03. The van der Waals surface area contributed by atoms with Gasteiger partial charge in [-0.25, -0.2) is 9.78 Å². The normalized spacial score (nSPS) is 15.9. The SMILES string of the molecule is Cc1nc(N)c(C(=O)O)c2c1CCN(C)C2. The molecular formula is C11H15N3O2. The molecule has 2 heterocycles. The lowest BCUT2D eigenvalue weighted by Crippen LogP contribution is -2.30. The molecule has 0 bridgehead atoms. The smallest absolute Gasteiger partial charge is 0.339 e. The monoisotopic (exact) mass is 221 g/mol. The van der Waals surface area contributed by atoms with Gasteiger partial charge in [-0.05, 0) is 31.5 Å². The zero-order valence-electron chi connectivity index (χ0n) is 9.45. The molecule has 5 nitrogen and oxygen atoms in total. The van der Waals surface area contributed by atoms with E-state index in [2.05, 4.69) is 9.88 Å². The minimum atomic E-state index is -0.989. The summed E-state index contributed by atoms with van der Waals surface area (Å²) in [6, 6.07) is 0. The van der Waals surface area contributed by atoms with E-state index in [-0.39, 0.29) is 11.4 Å². The molecule has 1 aromatic rings. The number of rotatable bonds is 1. The van der Waals surface area contributed by atoms with E-state index < -0.39 is 5.97 Å². The van der Waals surface area contributed by atoms with Gasteiger partial charge in [0.15, 0.2) is 0 Å². The van der Waals surface area contributed by atoms with Gasteiger partial charge in [-0.15, -0.1) is 0 Å². The third kappa shape index (κ3) is 1.63. The number of carbonyl (C=O) groups is 1. The summed E-state index contributed by atoms with van der Waals surface area (Å²) in [5, 5.41) is 9.16. The molecule has 0 atom stereocenters. The molecule has 0 spiro atoms. The molecule has 0 fully saturated rings. The van der Waals surface area contributed by atoms with Gasteiger partial charge in [0.05, 0.1) is 0 Å². The highest BCUT2D eigenvalue weighted by Gasteiger charge is 2.24. The minimum Gasteiger partial charge on any atom is -0.478 e. The largest absolute Gasteiger partial charge is 0.478 e. The summed E-state index contributed by atoms with van der Waals surface area (Å²) in [5.41, 5.74) is 8.58. The van der Waals surface area contributed by atoms with Crippen molar-refractivity contribution in [1.82, 2.24) is 9.88 Å². The van der Waals surface area contributed by atoms with Crippen molar-refractivity contribution in [3.63, 3.8) is 0 Å². The van der Waals surface area contributed by atoms with Gasteiger partial charge >= 0.3 is 5.97 Å². The zero-order valence-corrected chi connectivity index (χ0v) is 9.45. The Morgan fingerprint density at radius 1 is 1.50 bits per heavy atom. The Labute approximate surface area is 93.9 Å². The molecular weight excluding hydrogens is 206 g/mol. The molecule has 0 amide bonds. The van der Waals surface area contributed by atoms with Crippen LogP contribution in [0.2, 0.25) is 0 Å². The van der Waals surface area contributed by atoms with E-state index in [0.29, 0.717) is 6.54 Å². The molecule has 86 valence electrons. The number of nitrogen functional groups attached to an aromatic ring is 1. The summed E-state index contributed by atoms with van der Waals surface area (Å²) >= 11 is 0. The molecule has 16 heavy (non-hydrogen) atoms. The summed E-state index contributed by atoms with van der Waals surface area (Å²) in [6.07, 6.45) is 0.839. The maximum absolute atomic E-state index is 11.2. The number of hydrogen-bond acceptors (Lipinski definition) is 4. The molecule has 5 heteroatoms. The second-order valence-electron chi connectivity index (χ2n) is 4.21. The zero-order chi connectivity index (χ0) is 11.9. The van der Waals surface area contributed by atoms with Crippen LogP contribution in [0.3, 0.4) is 0 Å². The first kappa shape index (κ1) is 10.9. The first-order valence-corrected chi connectivity index (χ1v) is 5.20. The van der Waals surface area contributed by atoms with Crippen LogP contribution in [0.25, 0.3) is 0 Å². The predicted molar refractivity (Wildman–Crippen MR) is 60.4 cm³/mol. The summed E-state index contributed by atoms with van der Waals surface area (Å²) < 4.78 is 0. The van der Waals surface area contributed by atoms with Crippen molar-refractivity contribution < 1.29 is 9.90 Å². The quantitative estimate of drug-likeness (QED) is 0.728. The Morgan fingerprint density at radius 2 is 2.19 bits per heavy atom. The maximum atomic E-state index is 11.2. The van der Waals surface area contributed by atoms with Crippen LogP contribution in [0.1, 0.15) is 27.2 Å². The number of aromatic nitrogens is 1. The van der Waals surface area contributed by atoms with Gasteiger partial charge in [-0.3, -0.25) is 0 Å². The Bertz CT molecular complexity index is 457. The average Bonchev–Trinajstić information content (AvgIpc) is 2.15. The number of aromatic carboxylic acids is 1. The van der Waals surface area contributed by atoms with Crippen molar-refractivity contribution in [3.05, 3.63) is 22.4 Å². The number of likely N-dealkylation sites (N-methyl/N-ethyl adjacent to an activating group) is 1. The second-order valence-corrected chi connectivity index (χ2v) is 4.21. The predicted octanol–water partition coefficient (Wildman–Crippen LogP) is 0.658. The Balaban J connectivity index is 2.66. The van der Waals surface area contributed by atoms with Crippen LogP contribution in [0.4, 0.5) is 5.82 Å². The van der Waals surface area contributed by atoms with Crippen molar-refractivity contribution in [1.29, 1.82) is 0 Å². The standard InChI is InChI=1S/C11H15N3O2/c1-6-7-3-4-14(2)5-8(7)9(11(15)16)10(12)13-6/h3-5H2,1-2H3,(H2,12,13)(H,15,16). The molecule has 0 aromatic carbocycles. The lowest BCUT2D eigenvalue weighted by molar-refractivity contribution is 0.0695. The molecule has 1 aliphatic rings. The van der Waals surface area contributed by atoms with Gasteiger partial charge in [0, 0.05) is 18.8 Å². The van der Waals surface area contributed by atoms with E-state index in [1.165, 1.54) is 0 Å². The van der Waals surface area contributed by atoms with Crippen molar-refractivity contribution in [3.8, 4) is 0 Å². The fourth-order valence-corrected chi connectivity index (χ4v) is 2.22. The summed E-state index contributed by atoms with van der Waals surface area (Å²) in [6.45, 7) is 3.44. The van der Waals surface area contributed by atoms with Crippen LogP contribution in [0.5, 0.6) is 0 Å². The lowest BCUT2D eigenvalue weighted by Gasteiger charge is -2.27. The number of carboxylic acid groups (broad SMARTS) is 1. The van der Waals surface area contributed by atoms with Crippen molar-refractivity contribution in [2.24, 2.45) is 0 Å². The number of pyridine rings is 1. The van der Waals surface area contributed by atoms with Gasteiger partial charge < -0.3 is 15.7 Å². The molecule has 3 N–H and O–H groups in total. The van der Waals surface area contributed by atoms with E-state index >= 15 is 0 Å². The maximum Gasteiger partial charge on any atom is 0.339 e. The average molecular weight is 221 g/mol. The summed E-state index contributed by atoms with van der Waals surface area (Å²) in [5.74, 6) is -0.865. The Morgan fingerprint density at radius 3 is 2.81 bits per heavy atom. The molecule has 2 rings (SSSR count). The van der Waals surface area contributed by atoms with Crippen LogP contribution in [0.15, 0.2) is 0 Å². The van der Waals surface area contributed by atoms with E-state index in [9.17, 15) is 4.79 Å². The molecule has 0 aliphatic carbocycles. The van der Waals surface area contributed by atoms with Gasteiger partial charge in [-0.2, -0.15) is 0 Å². The number of hydrogen-bond donors (Lipinski definition) is 2. The van der Waals surface area contributed by atoms with Crippen LogP contribution in [-0.4, -0.2) is 34.6 Å². The second kappa shape index (κ2) is 3.75. The molecule has 1 aromatic heterocycles. The Hall–Kier alpha value is -1.62. The van der Waals surface area contributed by atoms with E-state index in [1.807, 2.05) is 14.0 Å². The fraction of sp³-hybridized carbons (Fsp3) is 0.455. The van der Waals surface area contributed by atoms with Crippen molar-refractivity contribution in [2.75, 3.05) is 19.3 Å². The Kier molecular flexibility index (Phi) is 2.55. The van der Waals surface area contributed by atoms with Crippen molar-refractivity contribution >= 4 is 11.8 Å². The minimum absolute atomic E-state index is 0.124. The highest BCUT2D eigenvalue weighted by Crippen LogP contribution is 2.27. The summed E-state index contributed by atoms with van der Waals surface area (Å²) in [4.78, 5) is 17.4. The number of anilines is 1. The molecule has 0 saturated carbocycles. The fourth-order valence-electron chi connectivity index (χ4n) is 2.22. The molecule has 0 unspecified atom stereocenters. The van der Waals surface area contributed by atoms with E-state index in [4.69, 9.17) is 10.8 Å². The van der Waals surface area contributed by atoms with Crippen molar-refractivity contribution in [2.45, 2.75) is 19.9 Å². The van der Waals surface area contributed by atoms with Crippen LogP contribution in [0, 0.1) is 6.92 Å². The van der Waals surface area contributed by atoms with Crippen LogP contribution in [-0.2, 0) is 13.0 Å². The lowest BCUT2D eigenvalue weighted by atomic mass is 9.94. The van der Waals surface area contributed by atoms with Gasteiger partial charge in [0.1, 0.15) is 11.4 Å². The van der Waals surface area contributed by atoms with Crippen LogP contribution < -0.4 is 5.73 Å². The van der Waals surface area contributed by atoms with E-state index in [1.54, 1.807) is 0 Å². The van der Waals surface area contributed by atoms with Gasteiger partial charge in [0.2, 0.25) is 0 Å². The molecule has 1 aliphatic heterocycles. The van der Waals surface area contributed by atoms with Gasteiger partial charge in [-0.1, -0.05) is 0 Å². The first-order valence-electron chi connectivity index (χ1n) is 5.20. The summed E-state index contributed by atoms with van der Waals surface area (Å²) in [7, 11) is 1.97. The topological polar surface area (TPSA) is 79.4 Å². The molecule has 0 radical (unpaired) electrons. The number of fused-ring (bicyclic) bond motifs is 1. The number of aryl methyl sites for hydroxylation is 1. The number of carboxylic acids is 1. The van der Waals surface area contributed by atoms with E-state index in [0.717, 1.165) is 29.8 Å². The van der Waals surface area contributed by atoms with Crippen LogP contribution >= 0.6 is 0 Å². The van der Waals surface area contributed by atoms with Gasteiger partial charge in [0.25, 0.3) is 0 Å². The third-order valence-corrected chi connectivity index (χ3v) is 3.03. The number of nitrogens with zero attached hydrogens (tertiary/aromatic N) is 2. The highest BCUT2D eigenvalue weighted by atomic mass is 16.4. The first-order chi connectivity index (χ1) is 7.50.